The van der Waals surface area contributed by atoms with Crippen LogP contribution in [0.25, 0.3) is 0 Å². The Morgan fingerprint density at radius 1 is 1.05 bits per heavy atom. The average molecular weight is 283 g/mol. The van der Waals surface area contributed by atoms with Gasteiger partial charge < -0.3 is 4.74 Å². The molecule has 1 rings (SSSR count). The van der Waals surface area contributed by atoms with E-state index in [1.54, 1.807) is 0 Å². The van der Waals surface area contributed by atoms with Crippen molar-refractivity contribution < 1.29 is 9.53 Å². The van der Waals surface area contributed by atoms with Gasteiger partial charge in [0.15, 0.2) is 0 Å². The van der Waals surface area contributed by atoms with Crippen LogP contribution >= 0.6 is 0 Å². The van der Waals surface area contributed by atoms with Crippen LogP contribution in [0.3, 0.4) is 0 Å². The predicted molar refractivity (Wildman–Crippen MR) is 81.9 cm³/mol. The van der Waals surface area contributed by atoms with Crippen molar-refractivity contribution in [3.63, 3.8) is 0 Å². The summed E-state index contributed by atoms with van der Waals surface area (Å²) in [5.41, 5.74) is 0. The van der Waals surface area contributed by atoms with Crippen LogP contribution in [0.15, 0.2) is 0 Å². The predicted octanol–water partition coefficient (Wildman–Crippen LogP) is 2.59. The molecule has 0 atom stereocenters. The maximum Gasteiger partial charge on any atom is 0.305 e. The first-order valence-corrected chi connectivity index (χ1v) is 8.34. The van der Waals surface area contributed by atoms with Crippen LogP contribution in [0.5, 0.6) is 0 Å². The fourth-order valence-electron chi connectivity index (χ4n) is 2.46. The molecule has 1 aliphatic rings. The Bertz CT molecular complexity index is 241. The van der Waals surface area contributed by atoms with Crippen LogP contribution in [0.2, 0.25) is 0 Å². The molecule has 117 valence electrons. The third kappa shape index (κ3) is 9.32. The van der Waals surface area contributed by atoms with E-state index < -0.39 is 0 Å². The highest BCUT2D eigenvalue weighted by Crippen LogP contribution is 2.08. The van der Waals surface area contributed by atoms with Gasteiger partial charge in [-0.1, -0.05) is 45.4 Å². The summed E-state index contributed by atoms with van der Waals surface area (Å²) in [6, 6.07) is 0. The molecule has 1 aliphatic heterocycles. The molecule has 0 aromatic heterocycles. The zero-order valence-electron chi connectivity index (χ0n) is 13.1. The minimum absolute atomic E-state index is 0.0275. The first kappa shape index (κ1) is 17.4. The second kappa shape index (κ2) is 12.2. The van der Waals surface area contributed by atoms with Gasteiger partial charge in [-0.05, 0) is 6.42 Å². The lowest BCUT2D eigenvalue weighted by atomic mass is 10.1. The van der Waals surface area contributed by atoms with E-state index in [1.165, 1.54) is 32.1 Å². The number of carbonyl (C=O) groups excluding carboxylic acids is 1. The summed E-state index contributed by atoms with van der Waals surface area (Å²) in [6.07, 6.45) is 9.25. The van der Waals surface area contributed by atoms with E-state index in [4.69, 9.17) is 4.74 Å². The number of piperazine rings is 1. The van der Waals surface area contributed by atoms with Crippen molar-refractivity contribution in [2.75, 3.05) is 39.3 Å². The number of nitrogens with zero attached hydrogens (tertiary/aromatic N) is 2. The van der Waals surface area contributed by atoms with Crippen molar-refractivity contribution in [2.24, 2.45) is 0 Å². The summed E-state index contributed by atoms with van der Waals surface area (Å²) >= 11 is 0. The smallest absolute Gasteiger partial charge is 0.305 e. The van der Waals surface area contributed by atoms with Crippen LogP contribution in [0.4, 0.5) is 0 Å². The van der Waals surface area contributed by atoms with E-state index in [2.05, 4.69) is 17.1 Å². The average Bonchev–Trinajstić information content (AvgIpc) is 2.47. The number of unbranched alkanes of at least 4 members (excludes halogenated alkanes) is 6. The molecule has 0 amide bonds. The molecule has 0 N–H and O–H groups in total. The van der Waals surface area contributed by atoms with Crippen molar-refractivity contribution in [1.82, 2.24) is 10.2 Å². The highest BCUT2D eigenvalue weighted by atomic mass is 16.5. The fraction of sp³-hybridized carbons (Fsp3) is 0.938. The van der Waals surface area contributed by atoms with Gasteiger partial charge in [0.05, 0.1) is 0 Å². The van der Waals surface area contributed by atoms with E-state index in [0.29, 0.717) is 13.0 Å². The van der Waals surface area contributed by atoms with Crippen molar-refractivity contribution in [2.45, 2.75) is 58.3 Å². The second-order valence-corrected chi connectivity index (χ2v) is 5.60. The molecular formula is C16H31N2O2. The van der Waals surface area contributed by atoms with Gasteiger partial charge in [-0.3, -0.25) is 9.69 Å². The van der Waals surface area contributed by atoms with E-state index in [9.17, 15) is 4.79 Å². The second-order valence-electron chi connectivity index (χ2n) is 5.60. The van der Waals surface area contributed by atoms with Crippen molar-refractivity contribution in [3.8, 4) is 0 Å². The van der Waals surface area contributed by atoms with E-state index in [-0.39, 0.29) is 5.97 Å². The Hall–Kier alpha value is -0.610. The highest BCUT2D eigenvalue weighted by molar-refractivity contribution is 5.69. The van der Waals surface area contributed by atoms with Crippen LogP contribution in [-0.2, 0) is 9.53 Å². The van der Waals surface area contributed by atoms with Gasteiger partial charge in [-0.25, -0.2) is 5.32 Å². The summed E-state index contributed by atoms with van der Waals surface area (Å²) in [7, 11) is 0. The van der Waals surface area contributed by atoms with Gasteiger partial charge in [-0.2, -0.15) is 0 Å². The van der Waals surface area contributed by atoms with Gasteiger partial charge >= 0.3 is 5.97 Å². The molecule has 0 unspecified atom stereocenters. The number of esters is 1. The Morgan fingerprint density at radius 2 is 1.70 bits per heavy atom. The molecule has 0 aliphatic carbocycles. The summed E-state index contributed by atoms with van der Waals surface area (Å²) in [6.45, 7) is 7.49. The summed E-state index contributed by atoms with van der Waals surface area (Å²) in [4.78, 5) is 13.9. The van der Waals surface area contributed by atoms with Crippen molar-refractivity contribution >= 4 is 5.97 Å². The van der Waals surface area contributed by atoms with Crippen LogP contribution in [-0.4, -0.2) is 50.2 Å². The number of rotatable bonds is 11. The van der Waals surface area contributed by atoms with Gasteiger partial charge in [-0.15, -0.1) is 0 Å². The molecule has 4 heteroatoms. The van der Waals surface area contributed by atoms with Gasteiger partial charge in [0.2, 0.25) is 0 Å². The molecule has 1 heterocycles. The SMILES string of the molecule is CCCCCCCCCC(=O)OCCN1CC[N]CC1. The molecular weight excluding hydrogens is 252 g/mol. The highest BCUT2D eigenvalue weighted by Gasteiger charge is 2.10. The lowest BCUT2D eigenvalue weighted by Crippen LogP contribution is -2.41. The van der Waals surface area contributed by atoms with Crippen LogP contribution in [0, 0.1) is 0 Å². The molecule has 0 spiro atoms. The zero-order chi connectivity index (χ0) is 14.5. The number of hydrogen-bond acceptors (Lipinski definition) is 3. The number of ether oxygens (including phenoxy) is 1. The molecule has 0 saturated carbocycles. The first-order chi connectivity index (χ1) is 9.83. The van der Waals surface area contributed by atoms with Crippen LogP contribution in [0.1, 0.15) is 58.3 Å². The quantitative estimate of drug-likeness (QED) is 0.432. The summed E-state index contributed by atoms with van der Waals surface area (Å²) < 4.78 is 5.28. The Kier molecular flexibility index (Phi) is 10.6. The topological polar surface area (TPSA) is 43.6 Å². The summed E-state index contributed by atoms with van der Waals surface area (Å²) in [5, 5.41) is 4.30. The Morgan fingerprint density at radius 3 is 2.40 bits per heavy atom. The lowest BCUT2D eigenvalue weighted by Gasteiger charge is -2.25. The zero-order valence-corrected chi connectivity index (χ0v) is 13.1. The van der Waals surface area contributed by atoms with E-state index in [0.717, 1.165) is 45.6 Å². The number of carbonyl (C=O) groups is 1. The minimum Gasteiger partial charge on any atom is -0.464 e. The molecule has 1 fully saturated rings. The van der Waals surface area contributed by atoms with Crippen molar-refractivity contribution in [1.29, 1.82) is 0 Å². The van der Waals surface area contributed by atoms with Gasteiger partial charge in [0.25, 0.3) is 0 Å². The van der Waals surface area contributed by atoms with Gasteiger partial charge in [0.1, 0.15) is 6.61 Å². The summed E-state index contributed by atoms with van der Waals surface area (Å²) in [5.74, 6) is -0.0275. The lowest BCUT2D eigenvalue weighted by molar-refractivity contribution is -0.144. The molecule has 1 saturated heterocycles. The molecule has 0 bridgehead atoms. The third-order valence-corrected chi connectivity index (χ3v) is 3.80. The van der Waals surface area contributed by atoms with E-state index in [1.807, 2.05) is 0 Å². The number of hydrogen-bond donors (Lipinski definition) is 0. The maximum atomic E-state index is 11.6. The monoisotopic (exact) mass is 283 g/mol. The molecule has 0 aromatic rings. The third-order valence-electron chi connectivity index (χ3n) is 3.80. The fourth-order valence-corrected chi connectivity index (χ4v) is 2.46. The molecule has 20 heavy (non-hydrogen) atoms. The maximum absolute atomic E-state index is 11.6. The van der Waals surface area contributed by atoms with E-state index >= 15 is 0 Å². The van der Waals surface area contributed by atoms with Gasteiger partial charge in [0, 0.05) is 39.1 Å². The molecule has 0 aromatic carbocycles. The van der Waals surface area contributed by atoms with Crippen LogP contribution < -0.4 is 5.32 Å². The molecule has 1 radical (unpaired) electrons. The first-order valence-electron chi connectivity index (χ1n) is 8.34. The normalized spacial score (nSPS) is 16.2. The minimum atomic E-state index is -0.0275. The largest absolute Gasteiger partial charge is 0.464 e. The molecule has 4 nitrogen and oxygen atoms in total. The van der Waals surface area contributed by atoms with Crippen molar-refractivity contribution in [3.05, 3.63) is 0 Å². The standard InChI is InChI=1S/C16H31N2O2/c1-2-3-4-5-6-7-8-9-16(19)20-15-14-18-12-10-17-11-13-18/h2-15H2,1H3. The Balaban J connectivity index is 1.85. The Labute approximate surface area is 124 Å².